The van der Waals surface area contributed by atoms with Crippen molar-refractivity contribution in [3.8, 4) is 0 Å². The summed E-state index contributed by atoms with van der Waals surface area (Å²) >= 11 is 0. The van der Waals surface area contributed by atoms with Crippen molar-refractivity contribution >= 4 is 17.3 Å². The Kier molecular flexibility index (Phi) is 2.82. The number of primary amides is 1. The third kappa shape index (κ3) is 2.12. The summed E-state index contributed by atoms with van der Waals surface area (Å²) in [5.41, 5.74) is 11.2. The molecule has 1 aromatic rings. The molecule has 2 heterocycles. The van der Waals surface area contributed by atoms with Gasteiger partial charge < -0.3 is 21.5 Å². The van der Waals surface area contributed by atoms with E-state index in [-0.39, 0.29) is 35.2 Å². The number of carbonyl (C=O) groups excluding carboxylic acids is 1. The number of anilines is 2. The summed E-state index contributed by atoms with van der Waals surface area (Å²) in [4.78, 5) is 11.2. The van der Waals surface area contributed by atoms with Gasteiger partial charge in [-0.2, -0.15) is 0 Å². The SMILES string of the molecule is NC(=O)c1cc(NC2CC3CCC2O3)c(F)cc1N. The highest BCUT2D eigenvalue weighted by molar-refractivity contribution is 5.99. The van der Waals surface area contributed by atoms with E-state index in [2.05, 4.69) is 5.32 Å². The van der Waals surface area contributed by atoms with Crippen molar-refractivity contribution in [2.75, 3.05) is 11.1 Å². The first-order valence-electron chi connectivity index (χ1n) is 6.35. The molecule has 0 saturated carbocycles. The average Bonchev–Trinajstić information content (AvgIpc) is 2.94. The number of halogens is 1. The molecule has 19 heavy (non-hydrogen) atoms. The minimum atomic E-state index is -0.662. The summed E-state index contributed by atoms with van der Waals surface area (Å²) in [5, 5.41) is 3.10. The minimum absolute atomic E-state index is 0.0553. The van der Waals surface area contributed by atoms with Gasteiger partial charge in [0.1, 0.15) is 5.82 Å². The van der Waals surface area contributed by atoms with Crippen LogP contribution in [0.15, 0.2) is 12.1 Å². The molecule has 0 aliphatic carbocycles. The molecule has 102 valence electrons. The van der Waals surface area contributed by atoms with Crippen LogP contribution in [0.5, 0.6) is 0 Å². The first-order valence-corrected chi connectivity index (χ1v) is 6.35. The van der Waals surface area contributed by atoms with Crippen molar-refractivity contribution in [2.45, 2.75) is 37.5 Å². The van der Waals surface area contributed by atoms with E-state index >= 15 is 0 Å². The monoisotopic (exact) mass is 265 g/mol. The van der Waals surface area contributed by atoms with Gasteiger partial charge in [0.15, 0.2) is 0 Å². The zero-order chi connectivity index (χ0) is 13.6. The number of nitrogens with two attached hydrogens (primary N) is 2. The Morgan fingerprint density at radius 1 is 1.42 bits per heavy atom. The largest absolute Gasteiger partial charge is 0.398 e. The lowest BCUT2D eigenvalue weighted by molar-refractivity contribution is 0.100. The van der Waals surface area contributed by atoms with E-state index in [0.29, 0.717) is 0 Å². The first kappa shape index (κ1) is 12.2. The maximum Gasteiger partial charge on any atom is 0.250 e. The summed E-state index contributed by atoms with van der Waals surface area (Å²) in [6.07, 6.45) is 3.32. The Balaban J connectivity index is 1.84. The second-order valence-electron chi connectivity index (χ2n) is 5.14. The molecular formula is C13H16FN3O2. The number of nitrogen functional groups attached to an aromatic ring is 1. The summed E-state index contributed by atoms with van der Waals surface area (Å²) in [6, 6.07) is 2.58. The summed E-state index contributed by atoms with van der Waals surface area (Å²) in [6.45, 7) is 0. The number of hydrogen-bond acceptors (Lipinski definition) is 4. The number of benzene rings is 1. The van der Waals surface area contributed by atoms with Crippen molar-refractivity contribution in [3.05, 3.63) is 23.5 Å². The van der Waals surface area contributed by atoms with Crippen molar-refractivity contribution < 1.29 is 13.9 Å². The van der Waals surface area contributed by atoms with Crippen LogP contribution < -0.4 is 16.8 Å². The first-order chi connectivity index (χ1) is 9.04. The topological polar surface area (TPSA) is 90.4 Å². The standard InChI is InChI=1S/C13H16FN3O2/c14-8-5-9(15)7(13(16)18)4-10(8)17-11-3-6-1-2-12(11)19-6/h4-6,11-12,17H,1-3,15H2,(H2,16,18). The smallest absolute Gasteiger partial charge is 0.250 e. The zero-order valence-corrected chi connectivity index (χ0v) is 10.4. The van der Waals surface area contributed by atoms with Crippen LogP contribution in [0.25, 0.3) is 0 Å². The maximum absolute atomic E-state index is 13.9. The van der Waals surface area contributed by atoms with Gasteiger partial charge in [0.05, 0.1) is 29.5 Å². The molecule has 2 fully saturated rings. The molecule has 6 heteroatoms. The van der Waals surface area contributed by atoms with Gasteiger partial charge in [0.2, 0.25) is 0 Å². The van der Waals surface area contributed by atoms with Crippen LogP contribution in [0.1, 0.15) is 29.6 Å². The average molecular weight is 265 g/mol. The predicted octanol–water partition coefficient (Wildman–Crippen LogP) is 1.24. The second kappa shape index (κ2) is 4.38. The quantitative estimate of drug-likeness (QED) is 0.717. The minimum Gasteiger partial charge on any atom is -0.398 e. The van der Waals surface area contributed by atoms with Gasteiger partial charge in [-0.15, -0.1) is 0 Å². The van der Waals surface area contributed by atoms with Gasteiger partial charge in [-0.25, -0.2) is 4.39 Å². The number of nitrogens with one attached hydrogen (secondary N) is 1. The van der Waals surface area contributed by atoms with E-state index in [1.54, 1.807) is 0 Å². The third-order valence-electron chi connectivity index (χ3n) is 3.85. The fraction of sp³-hybridized carbons (Fsp3) is 0.462. The summed E-state index contributed by atoms with van der Waals surface area (Å²) < 4.78 is 19.6. The normalized spacial score (nSPS) is 28.6. The van der Waals surface area contributed by atoms with Crippen molar-refractivity contribution in [3.63, 3.8) is 0 Å². The highest BCUT2D eigenvalue weighted by atomic mass is 19.1. The molecule has 1 amide bonds. The molecule has 5 N–H and O–H groups in total. The fourth-order valence-electron chi connectivity index (χ4n) is 2.90. The lowest BCUT2D eigenvalue weighted by Crippen LogP contribution is -2.31. The number of hydrogen-bond donors (Lipinski definition) is 3. The molecule has 3 rings (SSSR count). The van der Waals surface area contributed by atoms with Crippen molar-refractivity contribution in [2.24, 2.45) is 5.73 Å². The van der Waals surface area contributed by atoms with Gasteiger partial charge in [0.25, 0.3) is 5.91 Å². The molecule has 0 aromatic heterocycles. The van der Waals surface area contributed by atoms with Crippen LogP contribution in [-0.4, -0.2) is 24.2 Å². The number of ether oxygens (including phenoxy) is 1. The van der Waals surface area contributed by atoms with Gasteiger partial charge in [0, 0.05) is 5.69 Å². The number of amides is 1. The lowest BCUT2D eigenvalue weighted by atomic mass is 9.95. The van der Waals surface area contributed by atoms with Crippen LogP contribution in [0.3, 0.4) is 0 Å². The van der Waals surface area contributed by atoms with Crippen molar-refractivity contribution in [1.29, 1.82) is 0 Å². The van der Waals surface area contributed by atoms with E-state index in [1.165, 1.54) is 6.07 Å². The van der Waals surface area contributed by atoms with Crippen LogP contribution in [0.4, 0.5) is 15.8 Å². The molecule has 2 aliphatic rings. The Labute approximate surface area is 110 Å². The number of carbonyl (C=O) groups is 1. The van der Waals surface area contributed by atoms with E-state index in [9.17, 15) is 9.18 Å². The highest BCUT2D eigenvalue weighted by Gasteiger charge is 2.40. The van der Waals surface area contributed by atoms with E-state index in [0.717, 1.165) is 25.3 Å². The summed E-state index contributed by atoms with van der Waals surface area (Å²) in [5.74, 6) is -1.14. The van der Waals surface area contributed by atoms with E-state index in [4.69, 9.17) is 16.2 Å². The van der Waals surface area contributed by atoms with Crippen LogP contribution in [0, 0.1) is 5.82 Å². The molecular weight excluding hydrogens is 249 g/mol. The summed E-state index contributed by atoms with van der Waals surface area (Å²) in [7, 11) is 0. The molecule has 2 aliphatic heterocycles. The molecule has 2 bridgehead atoms. The highest BCUT2D eigenvalue weighted by Crippen LogP contribution is 2.36. The van der Waals surface area contributed by atoms with Crippen LogP contribution in [0.2, 0.25) is 0 Å². The Hall–Kier alpha value is -1.82. The van der Waals surface area contributed by atoms with Crippen molar-refractivity contribution in [1.82, 2.24) is 0 Å². The molecule has 5 nitrogen and oxygen atoms in total. The molecule has 3 unspecified atom stereocenters. The molecule has 0 spiro atoms. The molecule has 2 saturated heterocycles. The Morgan fingerprint density at radius 2 is 2.21 bits per heavy atom. The van der Waals surface area contributed by atoms with E-state index in [1.807, 2.05) is 0 Å². The van der Waals surface area contributed by atoms with Gasteiger partial charge in [-0.05, 0) is 31.4 Å². The second-order valence-corrected chi connectivity index (χ2v) is 5.14. The Bertz CT molecular complexity index is 535. The van der Waals surface area contributed by atoms with E-state index < -0.39 is 11.7 Å². The Morgan fingerprint density at radius 3 is 2.79 bits per heavy atom. The molecule has 3 atom stereocenters. The lowest BCUT2D eigenvalue weighted by Gasteiger charge is -2.22. The van der Waals surface area contributed by atoms with Crippen LogP contribution in [-0.2, 0) is 4.74 Å². The van der Waals surface area contributed by atoms with Gasteiger partial charge in [-0.1, -0.05) is 0 Å². The van der Waals surface area contributed by atoms with Gasteiger partial charge >= 0.3 is 0 Å². The number of fused-ring (bicyclic) bond motifs is 2. The van der Waals surface area contributed by atoms with Gasteiger partial charge in [-0.3, -0.25) is 4.79 Å². The number of rotatable bonds is 3. The third-order valence-corrected chi connectivity index (χ3v) is 3.85. The van der Waals surface area contributed by atoms with Crippen LogP contribution >= 0.6 is 0 Å². The zero-order valence-electron chi connectivity index (χ0n) is 10.4. The predicted molar refractivity (Wildman–Crippen MR) is 69.3 cm³/mol. The maximum atomic E-state index is 13.9. The molecule has 1 aromatic carbocycles. The fourth-order valence-corrected chi connectivity index (χ4v) is 2.90. The molecule has 0 radical (unpaired) electrons.